The lowest BCUT2D eigenvalue weighted by molar-refractivity contribution is 0.0998. The summed E-state index contributed by atoms with van der Waals surface area (Å²) in [5, 5.41) is 16.9. The van der Waals surface area contributed by atoms with Crippen LogP contribution in [0.5, 0.6) is 5.75 Å². The number of aryl methyl sites for hydroxylation is 2. The highest BCUT2D eigenvalue weighted by Gasteiger charge is 2.14. The summed E-state index contributed by atoms with van der Waals surface area (Å²) in [4.78, 5) is 12.5. The molecule has 0 atom stereocenters. The third-order valence-electron chi connectivity index (χ3n) is 4.76. The Bertz CT molecular complexity index is 1180. The first-order valence-electron chi connectivity index (χ1n) is 9.42. The van der Waals surface area contributed by atoms with Gasteiger partial charge in [-0.3, -0.25) is 4.79 Å². The van der Waals surface area contributed by atoms with E-state index in [9.17, 15) is 9.90 Å². The van der Waals surface area contributed by atoms with Crippen LogP contribution in [0.4, 0.5) is 11.4 Å². The van der Waals surface area contributed by atoms with E-state index in [1.165, 1.54) is 11.1 Å². The van der Waals surface area contributed by atoms with E-state index >= 15 is 0 Å². The van der Waals surface area contributed by atoms with Gasteiger partial charge in [-0.05, 0) is 61.4 Å². The molecule has 0 unspecified atom stereocenters. The third kappa shape index (κ3) is 4.24. The molecular formula is C24H22N2O3. The van der Waals surface area contributed by atoms with Gasteiger partial charge in [-0.25, -0.2) is 0 Å². The minimum Gasteiger partial charge on any atom is -0.506 e. The number of carbonyl (C=O) groups excluding carboxylic acids is 1. The number of fused-ring (bicyclic) bond motifs is 1. The van der Waals surface area contributed by atoms with Crippen LogP contribution in [0.25, 0.3) is 11.0 Å². The maximum atomic E-state index is 12.5. The maximum absolute atomic E-state index is 12.5. The molecule has 4 aromatic rings. The van der Waals surface area contributed by atoms with Gasteiger partial charge in [0.25, 0.3) is 5.91 Å². The van der Waals surface area contributed by atoms with Crippen molar-refractivity contribution in [3.8, 4) is 5.75 Å². The van der Waals surface area contributed by atoms with E-state index in [0.717, 1.165) is 16.6 Å². The first-order valence-corrected chi connectivity index (χ1v) is 9.42. The van der Waals surface area contributed by atoms with Crippen LogP contribution in [0.1, 0.15) is 27.2 Å². The summed E-state index contributed by atoms with van der Waals surface area (Å²) in [6, 6.07) is 20.9. The Kier molecular flexibility index (Phi) is 4.96. The van der Waals surface area contributed by atoms with Crippen LogP contribution in [0.2, 0.25) is 0 Å². The molecule has 5 nitrogen and oxygen atoms in total. The highest BCUT2D eigenvalue weighted by atomic mass is 16.3. The van der Waals surface area contributed by atoms with Crippen molar-refractivity contribution in [2.45, 2.75) is 20.4 Å². The zero-order chi connectivity index (χ0) is 20.4. The summed E-state index contributed by atoms with van der Waals surface area (Å²) in [6.07, 6.45) is 0. The summed E-state index contributed by atoms with van der Waals surface area (Å²) in [7, 11) is 0. The SMILES string of the molecule is Cc1ccc(CNc2ccc3oc(C(=O)Nc4ccc(C)cc4O)cc3c2)cc1. The Morgan fingerprint density at radius 3 is 2.45 bits per heavy atom. The van der Waals surface area contributed by atoms with Crippen LogP contribution in [0, 0.1) is 13.8 Å². The number of amides is 1. The molecule has 0 radical (unpaired) electrons. The number of aromatic hydroxyl groups is 1. The zero-order valence-electron chi connectivity index (χ0n) is 16.3. The van der Waals surface area contributed by atoms with Crippen molar-refractivity contribution in [1.82, 2.24) is 0 Å². The molecule has 0 bridgehead atoms. The van der Waals surface area contributed by atoms with Gasteiger partial charge in [0.05, 0.1) is 5.69 Å². The number of hydrogen-bond acceptors (Lipinski definition) is 4. The number of phenolic OH excluding ortho intramolecular Hbond substituents is 1. The van der Waals surface area contributed by atoms with Crippen molar-refractivity contribution < 1.29 is 14.3 Å². The van der Waals surface area contributed by atoms with E-state index in [1.807, 2.05) is 31.2 Å². The number of rotatable bonds is 5. The average Bonchev–Trinajstić information content (AvgIpc) is 3.13. The predicted octanol–water partition coefficient (Wildman–Crippen LogP) is 5.62. The second-order valence-corrected chi connectivity index (χ2v) is 7.18. The number of nitrogens with one attached hydrogen (secondary N) is 2. The summed E-state index contributed by atoms with van der Waals surface area (Å²) in [5.74, 6) is -0.192. The number of phenols is 1. The minimum atomic E-state index is -0.408. The number of anilines is 2. The molecule has 1 aromatic heterocycles. The summed E-state index contributed by atoms with van der Waals surface area (Å²) >= 11 is 0. The van der Waals surface area contributed by atoms with Crippen molar-refractivity contribution in [1.29, 1.82) is 0 Å². The molecule has 4 rings (SSSR count). The fourth-order valence-corrected chi connectivity index (χ4v) is 3.11. The minimum absolute atomic E-state index is 0.0250. The van der Waals surface area contributed by atoms with Gasteiger partial charge in [0.15, 0.2) is 5.76 Å². The van der Waals surface area contributed by atoms with Gasteiger partial charge in [0, 0.05) is 17.6 Å². The van der Waals surface area contributed by atoms with Crippen LogP contribution in [0.3, 0.4) is 0 Å². The van der Waals surface area contributed by atoms with E-state index in [-0.39, 0.29) is 11.5 Å². The fourth-order valence-electron chi connectivity index (χ4n) is 3.11. The van der Waals surface area contributed by atoms with Crippen LogP contribution >= 0.6 is 0 Å². The van der Waals surface area contributed by atoms with Gasteiger partial charge in [-0.2, -0.15) is 0 Å². The molecule has 0 spiro atoms. The van der Waals surface area contributed by atoms with Gasteiger partial charge < -0.3 is 20.2 Å². The van der Waals surface area contributed by atoms with Crippen LogP contribution in [-0.2, 0) is 6.54 Å². The molecule has 0 aliphatic rings. The Hall–Kier alpha value is -3.73. The summed E-state index contributed by atoms with van der Waals surface area (Å²) < 4.78 is 5.68. The first-order chi connectivity index (χ1) is 14.0. The van der Waals surface area contributed by atoms with E-state index in [4.69, 9.17) is 4.42 Å². The van der Waals surface area contributed by atoms with Gasteiger partial charge in [-0.15, -0.1) is 0 Å². The number of furan rings is 1. The zero-order valence-corrected chi connectivity index (χ0v) is 16.3. The molecule has 29 heavy (non-hydrogen) atoms. The van der Waals surface area contributed by atoms with Crippen LogP contribution < -0.4 is 10.6 Å². The number of carbonyl (C=O) groups is 1. The lowest BCUT2D eigenvalue weighted by Crippen LogP contribution is -2.10. The normalized spacial score (nSPS) is 10.8. The Labute approximate surface area is 169 Å². The highest BCUT2D eigenvalue weighted by Crippen LogP contribution is 2.27. The second kappa shape index (κ2) is 7.72. The van der Waals surface area contributed by atoms with E-state index in [1.54, 1.807) is 18.2 Å². The standard InChI is InChI=1S/C24H22N2O3/c1-15-3-6-17(7-4-15)14-25-19-8-10-22-18(12-19)13-23(29-22)24(28)26-20-9-5-16(2)11-21(20)27/h3-13,25,27H,14H2,1-2H3,(H,26,28). The molecule has 5 heteroatoms. The van der Waals surface area contributed by atoms with Gasteiger partial charge in [0.2, 0.25) is 0 Å². The predicted molar refractivity (Wildman–Crippen MR) is 116 cm³/mol. The van der Waals surface area contributed by atoms with Crippen molar-refractivity contribution in [2.24, 2.45) is 0 Å². The van der Waals surface area contributed by atoms with E-state index in [0.29, 0.717) is 17.8 Å². The van der Waals surface area contributed by atoms with E-state index < -0.39 is 5.91 Å². The molecule has 1 heterocycles. The second-order valence-electron chi connectivity index (χ2n) is 7.18. The molecule has 0 aliphatic carbocycles. The van der Waals surface area contributed by atoms with Crippen molar-refractivity contribution in [2.75, 3.05) is 10.6 Å². The third-order valence-corrected chi connectivity index (χ3v) is 4.76. The summed E-state index contributed by atoms with van der Waals surface area (Å²) in [5.41, 5.74) is 5.27. The topological polar surface area (TPSA) is 74.5 Å². The van der Waals surface area contributed by atoms with Crippen molar-refractivity contribution in [3.63, 3.8) is 0 Å². The highest BCUT2D eigenvalue weighted by molar-refractivity contribution is 6.05. The smallest absolute Gasteiger partial charge is 0.291 e. The lowest BCUT2D eigenvalue weighted by Gasteiger charge is -2.06. The lowest BCUT2D eigenvalue weighted by atomic mass is 10.1. The molecule has 1 amide bonds. The fraction of sp³-hybridized carbons (Fsp3) is 0.125. The largest absolute Gasteiger partial charge is 0.506 e. The van der Waals surface area contributed by atoms with Crippen molar-refractivity contribution >= 4 is 28.3 Å². The monoisotopic (exact) mass is 386 g/mol. The molecule has 0 saturated carbocycles. The van der Waals surface area contributed by atoms with Gasteiger partial charge in [0.1, 0.15) is 11.3 Å². The number of hydrogen-bond donors (Lipinski definition) is 3. The Morgan fingerprint density at radius 1 is 0.931 bits per heavy atom. The maximum Gasteiger partial charge on any atom is 0.291 e. The molecular weight excluding hydrogens is 364 g/mol. The molecule has 0 saturated heterocycles. The van der Waals surface area contributed by atoms with Crippen LogP contribution in [-0.4, -0.2) is 11.0 Å². The van der Waals surface area contributed by atoms with Crippen LogP contribution in [0.15, 0.2) is 71.1 Å². The van der Waals surface area contributed by atoms with Gasteiger partial charge in [-0.1, -0.05) is 35.9 Å². The molecule has 3 N–H and O–H groups in total. The number of benzene rings is 3. The quantitative estimate of drug-likeness (QED) is 0.389. The average molecular weight is 386 g/mol. The van der Waals surface area contributed by atoms with E-state index in [2.05, 4.69) is 41.8 Å². The van der Waals surface area contributed by atoms with Crippen molar-refractivity contribution in [3.05, 3.63) is 89.2 Å². The summed E-state index contributed by atoms with van der Waals surface area (Å²) in [6.45, 7) is 4.65. The Morgan fingerprint density at radius 2 is 1.69 bits per heavy atom. The molecule has 0 aliphatic heterocycles. The first kappa shape index (κ1) is 18.6. The molecule has 3 aromatic carbocycles. The van der Waals surface area contributed by atoms with Gasteiger partial charge >= 0.3 is 0 Å². The molecule has 0 fully saturated rings. The molecule has 146 valence electrons. The Balaban J connectivity index is 1.48.